The van der Waals surface area contributed by atoms with Crippen molar-refractivity contribution in [2.75, 3.05) is 32.6 Å². The molecule has 0 aliphatic heterocycles. The lowest BCUT2D eigenvalue weighted by atomic mass is 10.2. The molecule has 0 unspecified atom stereocenters. The Morgan fingerprint density at radius 2 is 2.09 bits per heavy atom. The van der Waals surface area contributed by atoms with E-state index in [2.05, 4.69) is 10.3 Å². The molecule has 1 aromatic rings. The second-order valence-electron chi connectivity index (χ2n) is 4.66. The third kappa shape index (κ3) is 7.10. The highest BCUT2D eigenvalue weighted by Crippen LogP contribution is 2.20. The minimum Gasteiger partial charge on any atom is -0.355 e. The number of sulfone groups is 1. The molecule has 22 heavy (non-hydrogen) atoms. The van der Waals surface area contributed by atoms with Crippen molar-refractivity contribution >= 4 is 51.4 Å². The van der Waals surface area contributed by atoms with Crippen LogP contribution in [-0.4, -0.2) is 51.9 Å². The first-order valence-electron chi connectivity index (χ1n) is 6.27. The second-order valence-corrected chi connectivity index (χ2v) is 7.33. The number of hydrogen-bond acceptors (Lipinski definition) is 3. The van der Waals surface area contributed by atoms with Crippen molar-refractivity contribution in [1.29, 1.82) is 0 Å². The molecule has 0 spiro atoms. The first kappa shape index (κ1) is 21.4. The summed E-state index contributed by atoms with van der Waals surface area (Å²) in [4.78, 5) is 5.71. The number of rotatable bonds is 5. The highest BCUT2D eigenvalue weighted by atomic mass is 127. The van der Waals surface area contributed by atoms with E-state index < -0.39 is 9.84 Å². The average Bonchev–Trinajstić information content (AvgIpc) is 2.37. The third-order valence-electron chi connectivity index (χ3n) is 2.79. The van der Waals surface area contributed by atoms with E-state index in [4.69, 9.17) is 11.6 Å². The van der Waals surface area contributed by atoms with Gasteiger partial charge >= 0.3 is 0 Å². The number of nitrogens with one attached hydrogen (secondary N) is 1. The fraction of sp³-hybridized carbons (Fsp3) is 0.462. The molecule has 0 fully saturated rings. The molecule has 1 N–H and O–H groups in total. The van der Waals surface area contributed by atoms with Gasteiger partial charge in [-0.1, -0.05) is 17.7 Å². The van der Waals surface area contributed by atoms with Crippen LogP contribution in [0.15, 0.2) is 23.2 Å². The van der Waals surface area contributed by atoms with E-state index in [1.807, 2.05) is 0 Å². The van der Waals surface area contributed by atoms with Crippen LogP contribution in [0.5, 0.6) is 0 Å². The Morgan fingerprint density at radius 1 is 1.45 bits per heavy atom. The topological polar surface area (TPSA) is 61.8 Å². The quantitative estimate of drug-likeness (QED) is 0.413. The van der Waals surface area contributed by atoms with Crippen molar-refractivity contribution in [2.24, 2.45) is 4.99 Å². The lowest BCUT2D eigenvalue weighted by molar-refractivity contribution is 0.462. The van der Waals surface area contributed by atoms with Crippen LogP contribution >= 0.6 is 35.6 Å². The van der Waals surface area contributed by atoms with Crippen LogP contribution < -0.4 is 5.32 Å². The Hall–Kier alpha value is -0.610. The van der Waals surface area contributed by atoms with E-state index in [-0.39, 0.29) is 48.6 Å². The van der Waals surface area contributed by atoms with Gasteiger partial charge in [-0.2, -0.15) is 0 Å². The molecule has 0 heterocycles. The zero-order valence-corrected chi connectivity index (χ0v) is 16.5. The van der Waals surface area contributed by atoms with Crippen molar-refractivity contribution in [3.05, 3.63) is 34.6 Å². The van der Waals surface area contributed by atoms with Gasteiger partial charge in [0.1, 0.15) is 15.7 Å². The summed E-state index contributed by atoms with van der Waals surface area (Å²) >= 11 is 5.98. The van der Waals surface area contributed by atoms with Gasteiger partial charge in [0, 0.05) is 44.0 Å². The lowest BCUT2D eigenvalue weighted by Crippen LogP contribution is -2.40. The summed E-state index contributed by atoms with van der Waals surface area (Å²) in [6.07, 6.45) is 1.17. The van der Waals surface area contributed by atoms with Gasteiger partial charge in [0.15, 0.2) is 5.96 Å². The predicted octanol–water partition coefficient (Wildman–Crippen LogP) is 2.15. The van der Waals surface area contributed by atoms with Gasteiger partial charge in [-0.15, -0.1) is 24.0 Å². The van der Waals surface area contributed by atoms with Gasteiger partial charge in [-0.3, -0.25) is 4.99 Å². The molecule has 0 aliphatic carbocycles. The molecule has 5 nitrogen and oxygen atoms in total. The van der Waals surface area contributed by atoms with Gasteiger partial charge in [0.25, 0.3) is 0 Å². The number of hydrogen-bond donors (Lipinski definition) is 1. The van der Waals surface area contributed by atoms with Crippen LogP contribution in [0.3, 0.4) is 0 Å². The van der Waals surface area contributed by atoms with E-state index in [1.54, 1.807) is 31.1 Å². The zero-order valence-electron chi connectivity index (χ0n) is 12.6. The van der Waals surface area contributed by atoms with E-state index >= 15 is 0 Å². The SMILES string of the molecule is CN=C(NCCS(C)(=O)=O)N(C)Cc1c(F)cccc1Cl.I. The normalized spacial score (nSPS) is 11.8. The fourth-order valence-corrected chi connectivity index (χ4v) is 2.42. The highest BCUT2D eigenvalue weighted by molar-refractivity contribution is 14.0. The van der Waals surface area contributed by atoms with Crippen LogP contribution in [0.4, 0.5) is 4.39 Å². The lowest BCUT2D eigenvalue weighted by Gasteiger charge is -2.22. The smallest absolute Gasteiger partial charge is 0.193 e. The zero-order chi connectivity index (χ0) is 16.0. The number of guanidine groups is 1. The molecule has 1 rings (SSSR count). The second kappa shape index (κ2) is 9.51. The van der Waals surface area contributed by atoms with Crippen molar-refractivity contribution in [3.8, 4) is 0 Å². The molecular weight excluding hydrogens is 444 g/mol. The van der Waals surface area contributed by atoms with Crippen molar-refractivity contribution in [3.63, 3.8) is 0 Å². The Balaban J connectivity index is 0.00000441. The first-order valence-corrected chi connectivity index (χ1v) is 8.71. The fourth-order valence-electron chi connectivity index (χ4n) is 1.73. The third-order valence-corrected chi connectivity index (χ3v) is 4.09. The number of halogens is 3. The van der Waals surface area contributed by atoms with Crippen LogP contribution in [0.1, 0.15) is 5.56 Å². The summed E-state index contributed by atoms with van der Waals surface area (Å²) in [6, 6.07) is 4.50. The molecule has 0 amide bonds. The van der Waals surface area contributed by atoms with Gasteiger partial charge < -0.3 is 10.2 Å². The summed E-state index contributed by atoms with van der Waals surface area (Å²) in [5.74, 6) is 0.0826. The largest absolute Gasteiger partial charge is 0.355 e. The molecule has 0 atom stereocenters. The molecule has 0 aliphatic rings. The number of aliphatic imine (C=N–C) groups is 1. The van der Waals surface area contributed by atoms with Crippen LogP contribution in [0, 0.1) is 5.82 Å². The van der Waals surface area contributed by atoms with Gasteiger partial charge in [-0.05, 0) is 12.1 Å². The Kier molecular flexibility index (Phi) is 9.25. The van der Waals surface area contributed by atoms with Crippen molar-refractivity contribution in [2.45, 2.75) is 6.54 Å². The molecular formula is C13H20ClFIN3O2S. The molecule has 0 radical (unpaired) electrons. The Morgan fingerprint density at radius 3 is 2.59 bits per heavy atom. The summed E-state index contributed by atoms with van der Waals surface area (Å²) in [7, 11) is 0.249. The van der Waals surface area contributed by atoms with Crippen LogP contribution in [-0.2, 0) is 16.4 Å². The van der Waals surface area contributed by atoms with Gasteiger partial charge in [0.2, 0.25) is 0 Å². The standard InChI is InChI=1S/C13H19ClFN3O2S.HI/c1-16-13(17-7-8-21(3,19)20)18(2)9-10-11(14)5-4-6-12(10)15;/h4-6H,7-9H2,1-3H3,(H,16,17);1H. The molecule has 126 valence electrons. The highest BCUT2D eigenvalue weighted by Gasteiger charge is 2.13. The van der Waals surface area contributed by atoms with Gasteiger partial charge in [0.05, 0.1) is 5.75 Å². The summed E-state index contributed by atoms with van der Waals surface area (Å²) in [6.45, 7) is 0.463. The van der Waals surface area contributed by atoms with E-state index in [0.29, 0.717) is 16.5 Å². The Bertz CT molecular complexity index is 605. The molecule has 0 bridgehead atoms. The van der Waals surface area contributed by atoms with Gasteiger partial charge in [-0.25, -0.2) is 12.8 Å². The number of benzene rings is 1. The van der Waals surface area contributed by atoms with E-state index in [0.717, 1.165) is 0 Å². The first-order chi connectivity index (χ1) is 9.74. The van der Waals surface area contributed by atoms with Crippen LogP contribution in [0.25, 0.3) is 0 Å². The summed E-state index contributed by atoms with van der Waals surface area (Å²) in [5, 5.41) is 3.26. The summed E-state index contributed by atoms with van der Waals surface area (Å²) < 4.78 is 35.9. The Labute approximate surface area is 152 Å². The molecule has 0 saturated heterocycles. The van der Waals surface area contributed by atoms with E-state index in [9.17, 15) is 12.8 Å². The van der Waals surface area contributed by atoms with E-state index in [1.165, 1.54) is 12.3 Å². The monoisotopic (exact) mass is 463 g/mol. The molecule has 9 heteroatoms. The minimum absolute atomic E-state index is 0. The maximum absolute atomic E-state index is 13.7. The van der Waals surface area contributed by atoms with Crippen molar-refractivity contribution in [1.82, 2.24) is 10.2 Å². The van der Waals surface area contributed by atoms with Crippen LogP contribution in [0.2, 0.25) is 5.02 Å². The molecule has 1 aromatic carbocycles. The minimum atomic E-state index is -3.04. The van der Waals surface area contributed by atoms with Crippen molar-refractivity contribution < 1.29 is 12.8 Å². The maximum Gasteiger partial charge on any atom is 0.193 e. The molecule has 0 saturated carbocycles. The molecule has 0 aromatic heterocycles. The average molecular weight is 464 g/mol. The predicted molar refractivity (Wildman–Crippen MR) is 99.4 cm³/mol. The summed E-state index contributed by atoms with van der Waals surface area (Å²) in [5.41, 5.74) is 0.368. The number of nitrogens with zero attached hydrogens (tertiary/aromatic N) is 2. The maximum atomic E-state index is 13.7.